The smallest absolute Gasteiger partial charge is 0.410 e. The van der Waals surface area contributed by atoms with E-state index in [2.05, 4.69) is 106 Å². The van der Waals surface area contributed by atoms with E-state index in [1.807, 2.05) is 150 Å². The number of nitriles is 2. The summed E-state index contributed by atoms with van der Waals surface area (Å²) in [5, 5.41) is 49.8. The van der Waals surface area contributed by atoms with Crippen LogP contribution in [0.15, 0.2) is 105 Å². The molecule has 0 saturated carbocycles. The highest BCUT2D eigenvalue weighted by Crippen LogP contribution is 2.46. The molecular formula is C85H117N11O14Si2. The number of aliphatic hydroxyl groups is 1. The van der Waals surface area contributed by atoms with Crippen molar-refractivity contribution in [3.8, 4) is 69.3 Å². The van der Waals surface area contributed by atoms with E-state index in [-0.39, 0.29) is 71.6 Å². The lowest BCUT2D eigenvalue weighted by atomic mass is 10.0. The first-order chi connectivity index (χ1) is 52.3. The van der Waals surface area contributed by atoms with Gasteiger partial charge in [0, 0.05) is 47.5 Å². The van der Waals surface area contributed by atoms with Gasteiger partial charge in [0.1, 0.15) is 40.4 Å². The summed E-state index contributed by atoms with van der Waals surface area (Å²) >= 11 is 0. The van der Waals surface area contributed by atoms with E-state index in [1.54, 1.807) is 40.1 Å². The van der Waals surface area contributed by atoms with Gasteiger partial charge >= 0.3 is 18.3 Å². The van der Waals surface area contributed by atoms with Gasteiger partial charge in [-0.05, 0) is 235 Å². The summed E-state index contributed by atoms with van der Waals surface area (Å²) in [5.41, 5.74) is 14.7. The van der Waals surface area contributed by atoms with Crippen molar-refractivity contribution in [3.05, 3.63) is 141 Å². The van der Waals surface area contributed by atoms with Crippen molar-refractivity contribution in [3.63, 3.8) is 0 Å². The highest BCUT2D eigenvalue weighted by atomic mass is 28.4. The van der Waals surface area contributed by atoms with Gasteiger partial charge in [0.2, 0.25) is 11.6 Å². The van der Waals surface area contributed by atoms with Crippen LogP contribution < -0.4 is 15.2 Å². The van der Waals surface area contributed by atoms with Gasteiger partial charge in [-0.25, -0.2) is 14.4 Å². The normalized spacial score (nSPS) is 15.7. The molecule has 0 unspecified atom stereocenters. The number of amidine groups is 1. The molecule has 7 aromatic rings. The number of fused-ring (bicyclic) bond motifs is 3. The van der Waals surface area contributed by atoms with Crippen LogP contribution in [0.2, 0.25) is 36.3 Å². The molecule has 3 atom stereocenters. The number of ether oxygens (including phenoxy) is 5. The van der Waals surface area contributed by atoms with Gasteiger partial charge in [0.15, 0.2) is 22.5 Å². The van der Waals surface area contributed by atoms with Crippen molar-refractivity contribution in [1.29, 1.82) is 10.5 Å². The number of oxime groups is 1. The van der Waals surface area contributed by atoms with E-state index in [0.717, 1.165) is 70.2 Å². The van der Waals surface area contributed by atoms with Crippen molar-refractivity contribution in [2.24, 2.45) is 10.9 Å². The first-order valence-corrected chi connectivity index (χ1v) is 44.4. The van der Waals surface area contributed by atoms with Crippen LogP contribution in [0.5, 0.6) is 11.5 Å². The Labute approximate surface area is 663 Å². The molecule has 2 heterocycles. The second-order valence-corrected chi connectivity index (χ2v) is 44.7. The van der Waals surface area contributed by atoms with Crippen molar-refractivity contribution in [2.45, 2.75) is 253 Å². The van der Waals surface area contributed by atoms with Gasteiger partial charge in [-0.1, -0.05) is 112 Å². The van der Waals surface area contributed by atoms with Crippen molar-refractivity contribution >= 4 is 40.8 Å². The first-order valence-electron chi connectivity index (χ1n) is 38.6. The van der Waals surface area contributed by atoms with E-state index < -0.39 is 39.5 Å². The fraction of sp³-hybridized carbons (Fsp3) is 0.529. The fourth-order valence-electron chi connectivity index (χ4n) is 13.1. The minimum Gasteiger partial charge on any atom is -0.490 e. The zero-order valence-electron chi connectivity index (χ0n) is 69.9. The number of aliphatic hydroxyl groups excluding tert-OH is 1. The van der Waals surface area contributed by atoms with E-state index in [1.165, 1.54) is 0 Å². The third kappa shape index (κ3) is 22.2. The third-order valence-corrected chi connectivity index (χ3v) is 29.5. The number of nitrogens with two attached hydrogens (primary N) is 1. The van der Waals surface area contributed by atoms with Gasteiger partial charge in [0.05, 0.1) is 61.3 Å². The number of amides is 3. The second kappa shape index (κ2) is 36.0. The molecular weight excluding hydrogens is 1460 g/mol. The molecule has 3 amide bonds. The van der Waals surface area contributed by atoms with E-state index >= 15 is 0 Å². The van der Waals surface area contributed by atoms with Gasteiger partial charge in [0.25, 0.3) is 11.8 Å². The van der Waals surface area contributed by atoms with Gasteiger partial charge in [-0.2, -0.15) is 20.5 Å². The van der Waals surface area contributed by atoms with Gasteiger partial charge in [-0.3, -0.25) is 14.7 Å². The van der Waals surface area contributed by atoms with E-state index in [4.69, 9.17) is 57.5 Å². The molecule has 3 aliphatic rings. The molecule has 4 N–H and O–H groups in total. The molecule has 0 fully saturated rings. The lowest BCUT2D eigenvalue weighted by molar-refractivity contribution is 0.0113. The number of rotatable bonds is 22. The van der Waals surface area contributed by atoms with Crippen LogP contribution in [0.3, 0.4) is 0 Å². The maximum Gasteiger partial charge on any atom is 0.410 e. The zero-order chi connectivity index (χ0) is 82.8. The summed E-state index contributed by atoms with van der Waals surface area (Å²) in [6, 6.07) is 31.8. The number of aromatic nitrogens is 4. The Morgan fingerprint density at radius 2 is 0.893 bits per heavy atom. The minimum absolute atomic E-state index is 0.0529. The average molecular weight is 1570 g/mol. The summed E-state index contributed by atoms with van der Waals surface area (Å²) < 4.78 is 52.7. The molecule has 0 saturated heterocycles. The Morgan fingerprint density at radius 1 is 0.545 bits per heavy atom. The maximum atomic E-state index is 13.5. The summed E-state index contributed by atoms with van der Waals surface area (Å²) in [6.07, 6.45) is 3.15. The number of hydrogen-bond donors (Lipinski definition) is 3. The Morgan fingerprint density at radius 3 is 1.22 bits per heavy atom. The molecule has 25 nitrogen and oxygen atoms in total. The number of hydrogen-bond acceptors (Lipinski definition) is 21. The molecule has 0 spiro atoms. The predicted molar refractivity (Wildman–Crippen MR) is 436 cm³/mol. The predicted octanol–water partition coefficient (Wildman–Crippen LogP) is 18.6. The molecule has 0 bridgehead atoms. The standard InChI is InChI=1S/C34H46N4O5Si.C28H32N4O5.C23H39N3O4Si/c1-22(2)41-29-17-14-23(20-24(29)21-35)31-36-30(37-43-31)27-13-11-12-26-25(27)15-16-28(26)38(32(39)42-33(3,4)5)18-19-40-44(9,10)34(6,7)8;1-17(2)35-24-12-9-18(15-19(24)16-29)26-30-25(31-37-26)22-8-6-7-21-20(22)10-11-23(21)32(13-14-33)27(34)36-28(3,4)5;1-22(2,3)30-21(27)26(14-15-29-31(7,8)23(4,5)6)19-13-12-16-17(19)10-9-11-18(16)20(24)25-28/h11-14,17,20,22,28H,15-16,18-19H2,1-10H3;6-9,12,15,17,23,33H,10-11,13-14H2,1-5H3;9-11,19,28H,12-15H2,1-8H3,(H2,24,25)/t28-;23-;19-/m111/s1. The number of carbonyl (C=O) groups is 3. The summed E-state index contributed by atoms with van der Waals surface area (Å²) in [4.78, 5) is 54.1. The molecule has 604 valence electrons. The topological polar surface area (TPSA) is 330 Å². The monoisotopic (exact) mass is 1570 g/mol. The maximum absolute atomic E-state index is 13.5. The van der Waals surface area contributed by atoms with Crippen molar-refractivity contribution in [1.82, 2.24) is 35.0 Å². The summed E-state index contributed by atoms with van der Waals surface area (Å²) in [7, 11) is -3.92. The minimum atomic E-state index is -1.99. The lowest BCUT2D eigenvalue weighted by Crippen LogP contribution is -2.45. The molecule has 3 aliphatic carbocycles. The molecule has 10 rings (SSSR count). The molecule has 27 heteroatoms. The van der Waals surface area contributed by atoms with Crippen molar-refractivity contribution < 1.29 is 66.3 Å². The average Bonchev–Trinajstić information content (AvgIpc) is 1.63. The fourth-order valence-corrected chi connectivity index (χ4v) is 15.2. The van der Waals surface area contributed by atoms with Crippen LogP contribution in [0.1, 0.15) is 219 Å². The van der Waals surface area contributed by atoms with E-state index in [0.29, 0.717) is 102 Å². The second-order valence-electron chi connectivity index (χ2n) is 35.1. The van der Waals surface area contributed by atoms with Crippen LogP contribution in [-0.4, -0.2) is 155 Å². The van der Waals surface area contributed by atoms with Crippen molar-refractivity contribution in [2.75, 3.05) is 39.5 Å². The van der Waals surface area contributed by atoms with Gasteiger partial charge in [-0.15, -0.1) is 0 Å². The first kappa shape index (κ1) is 87.9. The lowest BCUT2D eigenvalue weighted by Gasteiger charge is -2.38. The summed E-state index contributed by atoms with van der Waals surface area (Å²) in [5.74, 6) is 2.61. The number of benzene rings is 5. The molecule has 0 radical (unpaired) electrons. The number of carbonyl (C=O) groups excluding carboxylic acids is 3. The Hall–Kier alpha value is -9.65. The molecule has 0 aliphatic heterocycles. The van der Waals surface area contributed by atoms with E-state index in [9.17, 15) is 30.0 Å². The molecule has 2 aromatic heterocycles. The van der Waals surface area contributed by atoms with Crippen LogP contribution in [-0.2, 0) is 42.3 Å². The quantitative estimate of drug-likeness (QED) is 0.0142. The number of nitrogens with zero attached hydrogens (tertiary/aromatic N) is 10. The Kier molecular flexibility index (Phi) is 28.3. The highest BCUT2D eigenvalue weighted by molar-refractivity contribution is 6.74. The molecule has 5 aromatic carbocycles. The third-order valence-electron chi connectivity index (χ3n) is 20.4. The Bertz CT molecular complexity index is 4560. The van der Waals surface area contributed by atoms with Crippen LogP contribution >= 0.6 is 0 Å². The molecule has 112 heavy (non-hydrogen) atoms. The Balaban J connectivity index is 0.000000214. The summed E-state index contributed by atoms with van der Waals surface area (Å²) in [6.45, 7) is 48.2. The zero-order valence-corrected chi connectivity index (χ0v) is 71.9. The highest BCUT2D eigenvalue weighted by Gasteiger charge is 2.42. The van der Waals surface area contributed by atoms with Gasteiger partial charge < -0.3 is 57.6 Å². The van der Waals surface area contributed by atoms with Crippen LogP contribution in [0.4, 0.5) is 14.4 Å². The van der Waals surface area contributed by atoms with Crippen LogP contribution in [0, 0.1) is 22.7 Å². The largest absolute Gasteiger partial charge is 0.490 e. The van der Waals surface area contributed by atoms with Crippen LogP contribution in [0.25, 0.3) is 45.7 Å². The SMILES string of the molecule is CC(C)(C)OC(=O)N(CCO[Si](C)(C)C(C)(C)C)[C@@H]1CCc2c(C(N)=NO)cccc21.CC(C)Oc1ccc(-c2nc(-c3cccc4c3CC[C@H]4N(CCO)C(=O)OC(C)(C)C)no2)cc1C#N.CC(C)Oc1ccc(-c2nc(-c3cccc4c3CC[C@H]4N(CCO[Si](C)(C)C(C)(C)C)C(=O)OC(C)(C)C)no2)cc1C#N.